The van der Waals surface area contributed by atoms with E-state index in [1.807, 2.05) is 11.8 Å². The fourth-order valence-corrected chi connectivity index (χ4v) is 4.30. The van der Waals surface area contributed by atoms with Crippen molar-refractivity contribution < 1.29 is 9.18 Å². The van der Waals surface area contributed by atoms with Crippen LogP contribution in [-0.2, 0) is 6.42 Å². The zero-order valence-electron chi connectivity index (χ0n) is 15.0. The van der Waals surface area contributed by atoms with E-state index in [1.54, 1.807) is 12.1 Å². The third-order valence-corrected chi connectivity index (χ3v) is 5.93. The third-order valence-electron chi connectivity index (χ3n) is 4.79. The molecule has 4 nitrogen and oxygen atoms in total. The number of aryl methyl sites for hydroxylation is 1. The number of carbonyl (C=O) groups excluding carboxylic acids is 1. The number of benzene rings is 1. The molecule has 1 aliphatic rings. The van der Waals surface area contributed by atoms with E-state index in [-0.39, 0.29) is 11.7 Å². The first-order chi connectivity index (χ1) is 11.9. The molecule has 1 aromatic heterocycles. The molecule has 0 N–H and O–H groups in total. The van der Waals surface area contributed by atoms with Gasteiger partial charge in [0.25, 0.3) is 5.91 Å². The average Bonchev–Trinajstić information content (AvgIpc) is 2.96. The number of aromatic nitrogens is 1. The summed E-state index contributed by atoms with van der Waals surface area (Å²) in [6, 6.07) is 6.99. The number of piperidine rings is 1. The van der Waals surface area contributed by atoms with Gasteiger partial charge in [-0.1, -0.05) is 12.1 Å². The highest BCUT2D eigenvalue weighted by molar-refractivity contribution is 7.13. The summed E-state index contributed by atoms with van der Waals surface area (Å²) in [5.41, 5.74) is 1.79. The van der Waals surface area contributed by atoms with Crippen LogP contribution >= 0.6 is 11.3 Å². The third kappa shape index (κ3) is 4.25. The van der Waals surface area contributed by atoms with Crippen LogP contribution in [0.5, 0.6) is 0 Å². The Labute approximate surface area is 152 Å². The number of carbonyl (C=O) groups is 1. The molecule has 1 aliphatic heterocycles. The van der Waals surface area contributed by atoms with E-state index in [4.69, 9.17) is 0 Å². The Bertz CT molecular complexity index is 734. The van der Waals surface area contributed by atoms with E-state index in [0.717, 1.165) is 47.1 Å². The molecule has 1 amide bonds. The van der Waals surface area contributed by atoms with Gasteiger partial charge < -0.3 is 9.80 Å². The molecule has 25 heavy (non-hydrogen) atoms. The molecule has 0 aliphatic carbocycles. The van der Waals surface area contributed by atoms with Crippen molar-refractivity contribution in [2.75, 3.05) is 27.2 Å². The summed E-state index contributed by atoms with van der Waals surface area (Å²) in [7, 11) is 4.19. The van der Waals surface area contributed by atoms with Crippen molar-refractivity contribution in [3.8, 4) is 0 Å². The van der Waals surface area contributed by atoms with E-state index < -0.39 is 0 Å². The van der Waals surface area contributed by atoms with Crippen LogP contribution in [-0.4, -0.2) is 53.9 Å². The first-order valence-corrected chi connectivity index (χ1v) is 9.42. The zero-order chi connectivity index (χ0) is 18.0. The molecule has 2 heterocycles. The van der Waals surface area contributed by atoms with E-state index in [1.165, 1.54) is 23.5 Å². The van der Waals surface area contributed by atoms with Gasteiger partial charge in [-0.2, -0.15) is 0 Å². The Balaban J connectivity index is 1.67. The fraction of sp³-hybridized carbons (Fsp3) is 0.474. The van der Waals surface area contributed by atoms with Crippen LogP contribution < -0.4 is 0 Å². The summed E-state index contributed by atoms with van der Waals surface area (Å²) in [5.74, 6) is -0.145. The average molecular weight is 361 g/mol. The van der Waals surface area contributed by atoms with E-state index in [2.05, 4.69) is 24.0 Å². The number of nitrogens with zero attached hydrogens (tertiary/aromatic N) is 3. The zero-order valence-corrected chi connectivity index (χ0v) is 15.8. The van der Waals surface area contributed by atoms with Gasteiger partial charge >= 0.3 is 0 Å². The molecule has 3 rings (SSSR count). The highest BCUT2D eigenvalue weighted by atomic mass is 32.1. The lowest BCUT2D eigenvalue weighted by atomic mass is 10.0. The monoisotopic (exact) mass is 361 g/mol. The van der Waals surface area contributed by atoms with Gasteiger partial charge in [-0.15, -0.1) is 11.3 Å². The Morgan fingerprint density at radius 2 is 1.92 bits per heavy atom. The Morgan fingerprint density at radius 3 is 2.52 bits per heavy atom. The number of likely N-dealkylation sites (tertiary alicyclic amines) is 1. The van der Waals surface area contributed by atoms with Crippen molar-refractivity contribution >= 4 is 17.2 Å². The van der Waals surface area contributed by atoms with Gasteiger partial charge in [-0.25, -0.2) is 9.37 Å². The van der Waals surface area contributed by atoms with Crippen molar-refractivity contribution in [3.05, 3.63) is 51.2 Å². The molecular formula is C19H24FN3OS. The van der Waals surface area contributed by atoms with Crippen molar-refractivity contribution in [3.63, 3.8) is 0 Å². The van der Waals surface area contributed by atoms with E-state index in [0.29, 0.717) is 12.5 Å². The minimum Gasteiger partial charge on any atom is -0.338 e. The number of thiazole rings is 1. The number of halogens is 1. The molecule has 6 heteroatoms. The summed E-state index contributed by atoms with van der Waals surface area (Å²) >= 11 is 1.46. The summed E-state index contributed by atoms with van der Waals surface area (Å²) < 4.78 is 13.0. The molecule has 1 aromatic carbocycles. The van der Waals surface area contributed by atoms with Gasteiger partial charge in [0.1, 0.15) is 10.7 Å². The first-order valence-electron chi connectivity index (χ1n) is 8.60. The number of amides is 1. The number of rotatable bonds is 4. The van der Waals surface area contributed by atoms with Gasteiger partial charge in [0.05, 0.1) is 10.7 Å². The minimum absolute atomic E-state index is 0.0950. The van der Waals surface area contributed by atoms with Gasteiger partial charge in [-0.3, -0.25) is 4.79 Å². The second-order valence-electron chi connectivity index (χ2n) is 6.81. The standard InChI is InChI=1S/C19H24FN3OS/c1-13-18(19(24)23-10-8-16(9-11-23)22(2)3)25-17(21-13)12-14-4-6-15(20)7-5-14/h4-7,16H,8-12H2,1-3H3. The Morgan fingerprint density at radius 1 is 1.28 bits per heavy atom. The van der Waals surface area contributed by atoms with Crippen LogP contribution in [0.15, 0.2) is 24.3 Å². The van der Waals surface area contributed by atoms with Crippen LogP contribution in [0.2, 0.25) is 0 Å². The predicted octanol–water partition coefficient (Wildman–Crippen LogP) is 3.35. The fourth-order valence-electron chi connectivity index (χ4n) is 3.23. The topological polar surface area (TPSA) is 36.4 Å². The quantitative estimate of drug-likeness (QED) is 0.838. The first kappa shape index (κ1) is 18.0. The van der Waals surface area contributed by atoms with Crippen LogP contribution in [0.3, 0.4) is 0 Å². The molecule has 2 aromatic rings. The lowest BCUT2D eigenvalue weighted by Gasteiger charge is -2.35. The van der Waals surface area contributed by atoms with E-state index in [9.17, 15) is 9.18 Å². The molecule has 1 fully saturated rings. The molecular weight excluding hydrogens is 337 g/mol. The highest BCUT2D eigenvalue weighted by Crippen LogP contribution is 2.24. The van der Waals surface area contributed by atoms with Crippen molar-refractivity contribution in [2.24, 2.45) is 0 Å². The Kier molecular flexibility index (Phi) is 5.49. The molecule has 0 radical (unpaired) electrons. The lowest BCUT2D eigenvalue weighted by molar-refractivity contribution is 0.0667. The number of hydrogen-bond donors (Lipinski definition) is 0. The molecule has 0 bridgehead atoms. The van der Waals surface area contributed by atoms with Crippen LogP contribution in [0.1, 0.15) is 38.8 Å². The second-order valence-corrected chi connectivity index (χ2v) is 7.90. The lowest BCUT2D eigenvalue weighted by Crippen LogP contribution is -2.44. The maximum atomic E-state index is 13.0. The van der Waals surface area contributed by atoms with Gasteiger partial charge in [0, 0.05) is 25.6 Å². The molecule has 134 valence electrons. The normalized spacial score (nSPS) is 15.8. The van der Waals surface area contributed by atoms with Crippen LogP contribution in [0.4, 0.5) is 4.39 Å². The maximum Gasteiger partial charge on any atom is 0.265 e. The predicted molar refractivity (Wildman–Crippen MR) is 98.7 cm³/mol. The minimum atomic E-state index is -0.240. The summed E-state index contributed by atoms with van der Waals surface area (Å²) in [5, 5.41) is 0.899. The molecule has 0 unspecified atom stereocenters. The molecule has 0 atom stereocenters. The highest BCUT2D eigenvalue weighted by Gasteiger charge is 2.27. The summed E-state index contributed by atoms with van der Waals surface area (Å²) in [6.07, 6.45) is 2.65. The van der Waals surface area contributed by atoms with Crippen molar-refractivity contribution in [2.45, 2.75) is 32.2 Å². The maximum absolute atomic E-state index is 13.0. The second kappa shape index (κ2) is 7.62. The van der Waals surface area contributed by atoms with Gasteiger partial charge in [-0.05, 0) is 51.6 Å². The van der Waals surface area contributed by atoms with Gasteiger partial charge in [0.15, 0.2) is 0 Å². The SMILES string of the molecule is Cc1nc(Cc2ccc(F)cc2)sc1C(=O)N1CCC(N(C)C)CC1. The van der Waals surface area contributed by atoms with Crippen molar-refractivity contribution in [1.29, 1.82) is 0 Å². The van der Waals surface area contributed by atoms with Crippen LogP contribution in [0.25, 0.3) is 0 Å². The van der Waals surface area contributed by atoms with Crippen LogP contribution in [0, 0.1) is 12.7 Å². The largest absolute Gasteiger partial charge is 0.338 e. The summed E-state index contributed by atoms with van der Waals surface area (Å²) in [6.45, 7) is 3.49. The molecule has 1 saturated heterocycles. The summed E-state index contributed by atoms with van der Waals surface area (Å²) in [4.78, 5) is 22.3. The van der Waals surface area contributed by atoms with Gasteiger partial charge in [0.2, 0.25) is 0 Å². The number of hydrogen-bond acceptors (Lipinski definition) is 4. The Hall–Kier alpha value is -1.79. The smallest absolute Gasteiger partial charge is 0.265 e. The molecule has 0 spiro atoms. The molecule has 0 saturated carbocycles. The van der Waals surface area contributed by atoms with E-state index >= 15 is 0 Å². The van der Waals surface area contributed by atoms with Crippen molar-refractivity contribution in [1.82, 2.24) is 14.8 Å².